The highest BCUT2D eigenvalue weighted by Gasteiger charge is 2.40. The zero-order chi connectivity index (χ0) is 12.1. The van der Waals surface area contributed by atoms with Gasteiger partial charge in [-0.3, -0.25) is 4.79 Å². The number of ether oxygens (including phenoxy) is 1. The lowest BCUT2D eigenvalue weighted by Crippen LogP contribution is -2.41. The Bertz CT molecular complexity index is 277. The maximum Gasteiger partial charge on any atom is 0.409 e. The second-order valence-electron chi connectivity index (χ2n) is 4.07. The number of piperidine rings is 1. The first-order valence-corrected chi connectivity index (χ1v) is 5.65. The molecule has 0 radical (unpaired) electrons. The van der Waals surface area contributed by atoms with Gasteiger partial charge in [-0.05, 0) is 19.3 Å². The Morgan fingerprint density at radius 2 is 2.19 bits per heavy atom. The first-order chi connectivity index (χ1) is 7.70. The van der Waals surface area contributed by atoms with Gasteiger partial charge in [-0.2, -0.15) is 0 Å². The van der Waals surface area contributed by atoms with Crippen molar-refractivity contribution in [2.75, 3.05) is 19.7 Å². The van der Waals surface area contributed by atoms with Crippen LogP contribution in [-0.2, 0) is 9.53 Å². The van der Waals surface area contributed by atoms with Crippen molar-refractivity contribution in [1.29, 1.82) is 0 Å². The van der Waals surface area contributed by atoms with Gasteiger partial charge in [-0.15, -0.1) is 13.2 Å². The van der Waals surface area contributed by atoms with Crippen LogP contribution in [0.15, 0.2) is 13.2 Å². The molecule has 0 aromatic rings. The van der Waals surface area contributed by atoms with Crippen LogP contribution in [0, 0.1) is 11.8 Å². The topological polar surface area (TPSA) is 46.6 Å². The molecule has 1 saturated heterocycles. The van der Waals surface area contributed by atoms with E-state index in [1.54, 1.807) is 11.8 Å². The molecule has 1 saturated carbocycles. The van der Waals surface area contributed by atoms with Crippen LogP contribution in [0.3, 0.4) is 0 Å². The van der Waals surface area contributed by atoms with Gasteiger partial charge in [-0.1, -0.05) is 0 Å². The predicted octanol–water partition coefficient (Wildman–Crippen LogP) is 1.86. The van der Waals surface area contributed by atoms with Crippen molar-refractivity contribution in [1.82, 2.24) is 4.90 Å². The van der Waals surface area contributed by atoms with Gasteiger partial charge in [0, 0.05) is 25.4 Å². The third-order valence-corrected chi connectivity index (χ3v) is 3.01. The predicted molar refractivity (Wildman–Crippen MR) is 61.1 cm³/mol. The number of carbonyl (C=O) groups is 2. The van der Waals surface area contributed by atoms with Gasteiger partial charge in [0.15, 0.2) is 0 Å². The number of Topliss-reactive ketones (excluding diaryl/α,β-unsaturated/α-hetero) is 1. The number of fused-ring (bicyclic) bond motifs is 2. The van der Waals surface area contributed by atoms with E-state index in [2.05, 4.69) is 13.2 Å². The highest BCUT2D eigenvalue weighted by molar-refractivity contribution is 5.85. The van der Waals surface area contributed by atoms with E-state index in [1.807, 2.05) is 0 Å². The average Bonchev–Trinajstić information content (AvgIpc) is 2.55. The number of amides is 1. The van der Waals surface area contributed by atoms with Crippen LogP contribution < -0.4 is 0 Å². The van der Waals surface area contributed by atoms with E-state index in [4.69, 9.17) is 4.74 Å². The molecule has 1 aliphatic heterocycles. The van der Waals surface area contributed by atoms with E-state index in [9.17, 15) is 9.59 Å². The third-order valence-electron chi connectivity index (χ3n) is 3.01. The lowest BCUT2D eigenvalue weighted by atomic mass is 9.99. The molecular formula is C12H19NO3. The number of nitrogens with zero attached hydrogens (tertiary/aromatic N) is 1. The molecule has 90 valence electrons. The van der Waals surface area contributed by atoms with E-state index >= 15 is 0 Å². The molecule has 4 nitrogen and oxygen atoms in total. The summed E-state index contributed by atoms with van der Waals surface area (Å²) >= 11 is 0. The SMILES string of the molecule is C=C.CCOC(=O)N1CC2CC(=O)C(C2)C1. The van der Waals surface area contributed by atoms with Gasteiger partial charge in [0.05, 0.1) is 6.61 Å². The van der Waals surface area contributed by atoms with Gasteiger partial charge in [0.2, 0.25) is 0 Å². The summed E-state index contributed by atoms with van der Waals surface area (Å²) in [4.78, 5) is 24.5. The summed E-state index contributed by atoms with van der Waals surface area (Å²) in [6.45, 7) is 9.45. The van der Waals surface area contributed by atoms with Crippen molar-refractivity contribution in [3.05, 3.63) is 13.2 Å². The Kier molecular flexibility index (Phi) is 4.52. The zero-order valence-corrected chi connectivity index (χ0v) is 9.78. The third kappa shape index (κ3) is 2.62. The Hall–Kier alpha value is -1.32. The Morgan fingerprint density at radius 1 is 1.50 bits per heavy atom. The minimum Gasteiger partial charge on any atom is -0.450 e. The Labute approximate surface area is 96.3 Å². The summed E-state index contributed by atoms with van der Waals surface area (Å²) in [7, 11) is 0. The second-order valence-corrected chi connectivity index (χ2v) is 4.07. The van der Waals surface area contributed by atoms with E-state index in [1.165, 1.54) is 0 Å². The summed E-state index contributed by atoms with van der Waals surface area (Å²) in [6, 6.07) is 0. The van der Waals surface area contributed by atoms with Crippen molar-refractivity contribution in [3.8, 4) is 0 Å². The minimum atomic E-state index is -0.267. The Balaban J connectivity index is 0.000000606. The number of carbonyl (C=O) groups excluding carboxylic acids is 2. The van der Waals surface area contributed by atoms with Gasteiger partial charge in [-0.25, -0.2) is 4.79 Å². The summed E-state index contributed by atoms with van der Waals surface area (Å²) in [5.41, 5.74) is 0. The minimum absolute atomic E-state index is 0.0816. The number of likely N-dealkylation sites (tertiary alicyclic amines) is 1. The molecule has 0 N–H and O–H groups in total. The number of hydrogen-bond donors (Lipinski definition) is 0. The summed E-state index contributed by atoms with van der Waals surface area (Å²) in [5.74, 6) is 0.783. The van der Waals surface area contributed by atoms with Crippen LogP contribution >= 0.6 is 0 Å². The highest BCUT2D eigenvalue weighted by Crippen LogP contribution is 2.33. The summed E-state index contributed by atoms with van der Waals surface area (Å²) in [5, 5.41) is 0. The fourth-order valence-electron chi connectivity index (χ4n) is 2.40. The molecule has 16 heavy (non-hydrogen) atoms. The van der Waals surface area contributed by atoms with Crippen LogP contribution in [0.5, 0.6) is 0 Å². The van der Waals surface area contributed by atoms with Crippen LogP contribution in [0.4, 0.5) is 4.79 Å². The van der Waals surface area contributed by atoms with Crippen LogP contribution in [0.25, 0.3) is 0 Å². The van der Waals surface area contributed by atoms with E-state index < -0.39 is 0 Å². The number of ketones is 1. The van der Waals surface area contributed by atoms with E-state index in [-0.39, 0.29) is 12.0 Å². The number of rotatable bonds is 1. The van der Waals surface area contributed by atoms with E-state index in [0.29, 0.717) is 37.8 Å². The standard InChI is InChI=1S/C10H15NO3.C2H4/c1-2-14-10(13)11-5-7-3-8(6-11)9(12)4-7;1-2/h7-8H,2-6H2,1H3;1-2H2. The van der Waals surface area contributed by atoms with Crippen molar-refractivity contribution in [2.24, 2.45) is 11.8 Å². The van der Waals surface area contributed by atoms with Gasteiger partial charge >= 0.3 is 6.09 Å². The average molecular weight is 225 g/mol. The molecule has 0 spiro atoms. The second kappa shape index (κ2) is 5.68. The van der Waals surface area contributed by atoms with Crippen molar-refractivity contribution in [2.45, 2.75) is 19.8 Å². The van der Waals surface area contributed by atoms with Crippen molar-refractivity contribution >= 4 is 11.9 Å². The highest BCUT2D eigenvalue weighted by atomic mass is 16.6. The monoisotopic (exact) mass is 225 g/mol. The fraction of sp³-hybridized carbons (Fsp3) is 0.667. The molecule has 2 fully saturated rings. The van der Waals surface area contributed by atoms with Crippen molar-refractivity contribution in [3.63, 3.8) is 0 Å². The molecular weight excluding hydrogens is 206 g/mol. The van der Waals surface area contributed by atoms with Crippen LogP contribution in [0.1, 0.15) is 19.8 Å². The van der Waals surface area contributed by atoms with Crippen molar-refractivity contribution < 1.29 is 14.3 Å². The van der Waals surface area contributed by atoms with Gasteiger partial charge < -0.3 is 9.64 Å². The van der Waals surface area contributed by atoms with Gasteiger partial charge in [0.25, 0.3) is 0 Å². The molecule has 2 bridgehead atoms. The largest absolute Gasteiger partial charge is 0.450 e. The molecule has 1 aliphatic carbocycles. The molecule has 1 amide bonds. The van der Waals surface area contributed by atoms with Crippen LogP contribution in [-0.4, -0.2) is 36.5 Å². The molecule has 2 atom stereocenters. The first-order valence-electron chi connectivity index (χ1n) is 5.65. The first kappa shape index (κ1) is 12.7. The molecule has 2 rings (SSSR count). The fourth-order valence-corrected chi connectivity index (χ4v) is 2.40. The molecule has 1 heterocycles. The normalized spacial score (nSPS) is 27.1. The molecule has 2 aliphatic rings. The summed E-state index contributed by atoms with van der Waals surface area (Å²) < 4.78 is 4.92. The quantitative estimate of drug-likeness (QED) is 0.640. The lowest BCUT2D eigenvalue weighted by Gasteiger charge is -2.29. The summed E-state index contributed by atoms with van der Waals surface area (Å²) in [6.07, 6.45) is 1.35. The van der Waals surface area contributed by atoms with E-state index in [0.717, 1.165) is 6.42 Å². The maximum absolute atomic E-state index is 11.4. The number of hydrogen-bond acceptors (Lipinski definition) is 3. The van der Waals surface area contributed by atoms with Gasteiger partial charge in [0.1, 0.15) is 5.78 Å². The molecule has 2 unspecified atom stereocenters. The molecule has 0 aromatic heterocycles. The molecule has 0 aromatic carbocycles. The van der Waals surface area contributed by atoms with Crippen LogP contribution in [0.2, 0.25) is 0 Å². The zero-order valence-electron chi connectivity index (χ0n) is 9.78. The molecule has 4 heteroatoms. The smallest absolute Gasteiger partial charge is 0.409 e. The maximum atomic E-state index is 11.4. The Morgan fingerprint density at radius 3 is 2.75 bits per heavy atom. The lowest BCUT2D eigenvalue weighted by molar-refractivity contribution is -0.120.